The average Bonchev–Trinajstić information content (AvgIpc) is 2.65. The quantitative estimate of drug-likeness (QED) is 0.869. The van der Waals surface area contributed by atoms with E-state index in [1.165, 1.54) is 0 Å². The fraction of sp³-hybridized carbons (Fsp3) is 0.278. The molecule has 1 saturated heterocycles. The molecule has 0 unspecified atom stereocenters. The molecule has 2 heterocycles. The van der Waals surface area contributed by atoms with Gasteiger partial charge in [0.2, 0.25) is 5.91 Å². The Balaban J connectivity index is 1.66. The Morgan fingerprint density at radius 1 is 1.04 bits per heavy atom. The van der Waals surface area contributed by atoms with Crippen molar-refractivity contribution in [3.63, 3.8) is 0 Å². The summed E-state index contributed by atoms with van der Waals surface area (Å²) in [6.07, 6.45) is 1.66. The molecular formula is C18H18Cl2N4O2. The number of rotatable bonds is 3. The number of hydrogen-bond acceptors (Lipinski definition) is 4. The van der Waals surface area contributed by atoms with Crippen molar-refractivity contribution in [2.45, 2.75) is 6.92 Å². The first-order valence-electron chi connectivity index (χ1n) is 8.17. The number of nitrogens with one attached hydrogen (secondary N) is 1. The number of nitrogens with zero attached hydrogens (tertiary/aromatic N) is 3. The molecule has 2 amide bonds. The van der Waals surface area contributed by atoms with Gasteiger partial charge in [-0.25, -0.2) is 4.98 Å². The van der Waals surface area contributed by atoms with Gasteiger partial charge in [-0.05, 0) is 24.3 Å². The zero-order chi connectivity index (χ0) is 18.7. The van der Waals surface area contributed by atoms with Crippen molar-refractivity contribution in [3.05, 3.63) is 52.3 Å². The van der Waals surface area contributed by atoms with Gasteiger partial charge in [0, 0.05) is 33.1 Å². The number of benzene rings is 1. The standard InChI is InChI=1S/C18H18Cl2N4O2/c1-12(25)23-7-9-24(10-8-23)13-5-6-16(21-11-13)18(26)22-17-14(19)3-2-4-15(17)20/h2-6,11H,7-10H2,1H3,(H,22,26). The van der Waals surface area contributed by atoms with Crippen LogP contribution in [0.25, 0.3) is 0 Å². The first-order valence-corrected chi connectivity index (χ1v) is 8.93. The molecule has 0 saturated carbocycles. The summed E-state index contributed by atoms with van der Waals surface area (Å²) in [6.45, 7) is 4.42. The van der Waals surface area contributed by atoms with Gasteiger partial charge in [0.05, 0.1) is 27.6 Å². The summed E-state index contributed by atoms with van der Waals surface area (Å²) in [6, 6.07) is 8.52. The lowest BCUT2D eigenvalue weighted by Gasteiger charge is -2.35. The summed E-state index contributed by atoms with van der Waals surface area (Å²) in [5, 5.41) is 3.42. The van der Waals surface area contributed by atoms with Gasteiger partial charge in [-0.15, -0.1) is 0 Å². The van der Waals surface area contributed by atoms with Crippen LogP contribution in [-0.4, -0.2) is 47.9 Å². The smallest absolute Gasteiger partial charge is 0.274 e. The molecule has 0 aliphatic carbocycles. The molecule has 0 radical (unpaired) electrons. The number of pyridine rings is 1. The first kappa shape index (κ1) is 18.5. The highest BCUT2D eigenvalue weighted by Gasteiger charge is 2.19. The van der Waals surface area contributed by atoms with Crippen LogP contribution in [0.4, 0.5) is 11.4 Å². The number of hydrogen-bond donors (Lipinski definition) is 1. The zero-order valence-corrected chi connectivity index (χ0v) is 15.7. The Morgan fingerprint density at radius 2 is 1.69 bits per heavy atom. The van der Waals surface area contributed by atoms with E-state index in [2.05, 4.69) is 15.2 Å². The number of amides is 2. The van der Waals surface area contributed by atoms with Crippen molar-refractivity contribution in [1.82, 2.24) is 9.88 Å². The maximum atomic E-state index is 12.4. The van der Waals surface area contributed by atoms with E-state index < -0.39 is 0 Å². The highest BCUT2D eigenvalue weighted by Crippen LogP contribution is 2.30. The molecule has 1 aliphatic heterocycles. The number of anilines is 2. The van der Waals surface area contributed by atoms with Crippen LogP contribution >= 0.6 is 23.2 Å². The van der Waals surface area contributed by atoms with Crippen molar-refractivity contribution < 1.29 is 9.59 Å². The fourth-order valence-electron chi connectivity index (χ4n) is 2.78. The van der Waals surface area contributed by atoms with Crippen LogP contribution in [0.15, 0.2) is 36.5 Å². The fourth-order valence-corrected chi connectivity index (χ4v) is 3.27. The molecule has 1 aromatic carbocycles. The Labute approximate surface area is 161 Å². The van der Waals surface area contributed by atoms with Gasteiger partial charge < -0.3 is 15.1 Å². The van der Waals surface area contributed by atoms with Gasteiger partial charge in [-0.2, -0.15) is 0 Å². The summed E-state index contributed by atoms with van der Waals surface area (Å²) in [5.74, 6) is -0.291. The lowest BCUT2D eigenvalue weighted by atomic mass is 10.2. The highest BCUT2D eigenvalue weighted by atomic mass is 35.5. The van der Waals surface area contributed by atoms with E-state index >= 15 is 0 Å². The van der Waals surface area contributed by atoms with Crippen LogP contribution in [0, 0.1) is 0 Å². The number of para-hydroxylation sites is 1. The van der Waals surface area contributed by atoms with Gasteiger partial charge in [0.1, 0.15) is 5.69 Å². The predicted molar refractivity (Wildman–Crippen MR) is 103 cm³/mol. The van der Waals surface area contributed by atoms with E-state index in [0.717, 1.165) is 18.8 Å². The Bertz CT molecular complexity index is 798. The monoisotopic (exact) mass is 392 g/mol. The maximum Gasteiger partial charge on any atom is 0.274 e. The van der Waals surface area contributed by atoms with Gasteiger partial charge in [0.15, 0.2) is 0 Å². The molecule has 8 heteroatoms. The third-order valence-electron chi connectivity index (χ3n) is 4.27. The summed E-state index contributed by atoms with van der Waals surface area (Å²) in [5.41, 5.74) is 1.56. The van der Waals surface area contributed by atoms with Crippen LogP contribution in [-0.2, 0) is 4.79 Å². The normalized spacial score (nSPS) is 14.3. The first-order chi connectivity index (χ1) is 12.5. The molecule has 0 bridgehead atoms. The van der Waals surface area contributed by atoms with Crippen LogP contribution in [0.2, 0.25) is 10.0 Å². The third kappa shape index (κ3) is 4.08. The van der Waals surface area contributed by atoms with Crippen molar-refractivity contribution >= 4 is 46.4 Å². The lowest BCUT2D eigenvalue weighted by Crippen LogP contribution is -2.48. The Morgan fingerprint density at radius 3 is 2.23 bits per heavy atom. The number of piperazine rings is 1. The topological polar surface area (TPSA) is 65.5 Å². The van der Waals surface area contributed by atoms with E-state index in [1.807, 2.05) is 11.0 Å². The molecule has 3 rings (SSSR count). The average molecular weight is 393 g/mol. The highest BCUT2D eigenvalue weighted by molar-refractivity contribution is 6.40. The molecule has 1 aromatic heterocycles. The number of carbonyl (C=O) groups excluding carboxylic acids is 2. The molecule has 6 nitrogen and oxygen atoms in total. The van der Waals surface area contributed by atoms with E-state index in [9.17, 15) is 9.59 Å². The second kappa shape index (κ2) is 7.93. The van der Waals surface area contributed by atoms with Crippen molar-refractivity contribution in [2.24, 2.45) is 0 Å². The Hall–Kier alpha value is -2.31. The zero-order valence-electron chi connectivity index (χ0n) is 14.2. The molecule has 0 spiro atoms. The predicted octanol–water partition coefficient (Wildman–Crippen LogP) is 3.31. The second-order valence-electron chi connectivity index (χ2n) is 5.95. The van der Waals surface area contributed by atoms with E-state index in [4.69, 9.17) is 23.2 Å². The lowest BCUT2D eigenvalue weighted by molar-refractivity contribution is -0.129. The van der Waals surface area contributed by atoms with Crippen molar-refractivity contribution in [3.8, 4) is 0 Å². The SMILES string of the molecule is CC(=O)N1CCN(c2ccc(C(=O)Nc3c(Cl)cccc3Cl)nc2)CC1. The number of aromatic nitrogens is 1. The van der Waals surface area contributed by atoms with Crippen LogP contribution in [0.1, 0.15) is 17.4 Å². The minimum Gasteiger partial charge on any atom is -0.367 e. The second-order valence-corrected chi connectivity index (χ2v) is 6.76. The molecule has 1 N–H and O–H groups in total. The van der Waals surface area contributed by atoms with E-state index in [0.29, 0.717) is 28.8 Å². The molecule has 0 atom stereocenters. The molecule has 136 valence electrons. The van der Waals surface area contributed by atoms with Gasteiger partial charge in [-0.1, -0.05) is 29.3 Å². The summed E-state index contributed by atoms with van der Waals surface area (Å²) < 4.78 is 0. The van der Waals surface area contributed by atoms with Gasteiger partial charge in [0.25, 0.3) is 5.91 Å². The van der Waals surface area contributed by atoms with Crippen molar-refractivity contribution in [2.75, 3.05) is 36.4 Å². The Kier molecular flexibility index (Phi) is 5.64. The summed E-state index contributed by atoms with van der Waals surface area (Å²) >= 11 is 12.1. The molecule has 1 fully saturated rings. The maximum absolute atomic E-state index is 12.4. The van der Waals surface area contributed by atoms with Crippen LogP contribution in [0.3, 0.4) is 0 Å². The van der Waals surface area contributed by atoms with E-state index in [1.54, 1.807) is 37.4 Å². The van der Waals surface area contributed by atoms with Crippen LogP contribution < -0.4 is 10.2 Å². The summed E-state index contributed by atoms with van der Waals surface area (Å²) in [7, 11) is 0. The molecule has 26 heavy (non-hydrogen) atoms. The largest absolute Gasteiger partial charge is 0.367 e. The van der Waals surface area contributed by atoms with E-state index in [-0.39, 0.29) is 17.5 Å². The molecular weight excluding hydrogens is 375 g/mol. The molecule has 1 aliphatic rings. The number of carbonyl (C=O) groups is 2. The van der Waals surface area contributed by atoms with Gasteiger partial charge >= 0.3 is 0 Å². The van der Waals surface area contributed by atoms with Crippen molar-refractivity contribution in [1.29, 1.82) is 0 Å². The van der Waals surface area contributed by atoms with Gasteiger partial charge in [-0.3, -0.25) is 9.59 Å². The summed E-state index contributed by atoms with van der Waals surface area (Å²) in [4.78, 5) is 32.0. The third-order valence-corrected chi connectivity index (χ3v) is 4.90. The minimum atomic E-state index is -0.382. The van der Waals surface area contributed by atoms with Crippen LogP contribution in [0.5, 0.6) is 0 Å². The minimum absolute atomic E-state index is 0.0908. The number of halogens is 2. The molecule has 2 aromatic rings.